The van der Waals surface area contributed by atoms with Crippen LogP contribution in [0, 0.1) is 11.3 Å². The van der Waals surface area contributed by atoms with Crippen molar-refractivity contribution in [1.29, 1.82) is 5.26 Å². The second-order valence-electron chi connectivity index (χ2n) is 4.01. The lowest BCUT2D eigenvalue weighted by atomic mass is 10.2. The van der Waals surface area contributed by atoms with Gasteiger partial charge in [0.1, 0.15) is 0 Å². The zero-order chi connectivity index (χ0) is 13.2. The summed E-state index contributed by atoms with van der Waals surface area (Å²) >= 11 is 1.59. The quantitative estimate of drug-likeness (QED) is 0.769. The van der Waals surface area contributed by atoms with E-state index in [-0.39, 0.29) is 5.91 Å². The first-order valence-electron chi connectivity index (χ1n) is 6.09. The fourth-order valence-electron chi connectivity index (χ4n) is 1.39. The van der Waals surface area contributed by atoms with Gasteiger partial charge in [0.2, 0.25) is 5.91 Å². The first-order valence-corrected chi connectivity index (χ1v) is 7.25. The largest absolute Gasteiger partial charge is 0.355 e. The molecular formula is C14H18N2OS. The fourth-order valence-corrected chi connectivity index (χ4v) is 2.21. The van der Waals surface area contributed by atoms with Crippen LogP contribution in [0.2, 0.25) is 0 Å². The average Bonchev–Trinajstić information content (AvgIpc) is 2.40. The molecule has 1 aromatic rings. The van der Waals surface area contributed by atoms with Gasteiger partial charge in [0, 0.05) is 12.3 Å². The second-order valence-corrected chi connectivity index (χ2v) is 4.99. The van der Waals surface area contributed by atoms with Crippen molar-refractivity contribution in [2.24, 2.45) is 0 Å². The van der Waals surface area contributed by atoms with Gasteiger partial charge in [-0.05, 0) is 24.1 Å². The van der Waals surface area contributed by atoms with Crippen LogP contribution >= 0.6 is 11.8 Å². The van der Waals surface area contributed by atoms with Gasteiger partial charge < -0.3 is 5.32 Å². The summed E-state index contributed by atoms with van der Waals surface area (Å²) < 4.78 is 0. The minimum atomic E-state index is 0.0992. The Balaban J connectivity index is 2.20. The summed E-state index contributed by atoms with van der Waals surface area (Å²) in [5, 5.41) is 11.6. The zero-order valence-electron chi connectivity index (χ0n) is 10.6. The molecule has 1 N–H and O–H groups in total. The van der Waals surface area contributed by atoms with Gasteiger partial charge in [-0.15, -0.1) is 11.8 Å². The van der Waals surface area contributed by atoms with E-state index in [1.54, 1.807) is 23.9 Å². The van der Waals surface area contributed by atoms with Crippen LogP contribution in [-0.4, -0.2) is 18.2 Å². The number of unbranched alkanes of at least 4 members (excludes halogenated alkanes) is 1. The van der Waals surface area contributed by atoms with E-state index in [1.165, 1.54) is 0 Å². The lowest BCUT2D eigenvalue weighted by Gasteiger charge is -2.04. The first kappa shape index (κ1) is 14.6. The third kappa shape index (κ3) is 5.74. The lowest BCUT2D eigenvalue weighted by Crippen LogP contribution is -2.26. The fraction of sp³-hybridized carbons (Fsp3) is 0.429. The Morgan fingerprint density at radius 3 is 2.72 bits per heavy atom. The van der Waals surface area contributed by atoms with Crippen LogP contribution in [0.15, 0.2) is 24.3 Å². The molecule has 0 saturated heterocycles. The number of amides is 1. The minimum absolute atomic E-state index is 0.0992. The van der Waals surface area contributed by atoms with Crippen LogP contribution < -0.4 is 5.32 Å². The van der Waals surface area contributed by atoms with Gasteiger partial charge in [0.25, 0.3) is 0 Å². The minimum Gasteiger partial charge on any atom is -0.355 e. The topological polar surface area (TPSA) is 52.9 Å². The molecule has 0 aliphatic carbocycles. The Morgan fingerprint density at radius 1 is 1.39 bits per heavy atom. The summed E-state index contributed by atoms with van der Waals surface area (Å²) in [5.74, 6) is 1.39. The highest BCUT2D eigenvalue weighted by Crippen LogP contribution is 2.12. The molecule has 0 aliphatic heterocycles. The molecular weight excluding hydrogens is 244 g/mol. The van der Waals surface area contributed by atoms with E-state index >= 15 is 0 Å². The molecule has 96 valence electrons. The maximum absolute atomic E-state index is 11.4. The normalized spacial score (nSPS) is 9.78. The van der Waals surface area contributed by atoms with Crippen LogP contribution in [0.1, 0.15) is 30.9 Å². The molecule has 18 heavy (non-hydrogen) atoms. The molecule has 0 heterocycles. The molecule has 0 aromatic heterocycles. The van der Waals surface area contributed by atoms with Gasteiger partial charge in [0.15, 0.2) is 0 Å². The second kappa shape index (κ2) is 8.60. The average molecular weight is 262 g/mol. The summed E-state index contributed by atoms with van der Waals surface area (Å²) in [6.45, 7) is 2.87. The van der Waals surface area contributed by atoms with Crippen LogP contribution in [-0.2, 0) is 10.5 Å². The van der Waals surface area contributed by atoms with E-state index in [9.17, 15) is 4.79 Å². The smallest absolute Gasteiger partial charge is 0.230 e. The van der Waals surface area contributed by atoms with Crippen molar-refractivity contribution >= 4 is 17.7 Å². The highest BCUT2D eigenvalue weighted by molar-refractivity contribution is 7.99. The molecule has 0 bridgehead atoms. The third-order valence-electron chi connectivity index (χ3n) is 2.44. The van der Waals surface area contributed by atoms with Crippen molar-refractivity contribution < 1.29 is 4.79 Å². The van der Waals surface area contributed by atoms with E-state index in [0.29, 0.717) is 11.3 Å². The molecule has 3 nitrogen and oxygen atoms in total. The van der Waals surface area contributed by atoms with Crippen molar-refractivity contribution in [3.63, 3.8) is 0 Å². The van der Waals surface area contributed by atoms with Crippen molar-refractivity contribution in [2.75, 3.05) is 12.3 Å². The Hall–Kier alpha value is -1.47. The van der Waals surface area contributed by atoms with Crippen molar-refractivity contribution in [3.8, 4) is 6.07 Å². The number of benzene rings is 1. The molecule has 4 heteroatoms. The highest BCUT2D eigenvalue weighted by atomic mass is 32.2. The molecule has 0 aliphatic rings. The molecule has 1 amide bonds. The molecule has 0 radical (unpaired) electrons. The van der Waals surface area contributed by atoms with Gasteiger partial charge >= 0.3 is 0 Å². The summed E-state index contributed by atoms with van der Waals surface area (Å²) in [5.41, 5.74) is 1.81. The molecule has 0 spiro atoms. The maximum Gasteiger partial charge on any atom is 0.230 e. The van der Waals surface area contributed by atoms with Crippen molar-refractivity contribution in [3.05, 3.63) is 35.4 Å². The molecule has 1 rings (SSSR count). The summed E-state index contributed by atoms with van der Waals surface area (Å²) in [4.78, 5) is 11.4. The van der Waals surface area contributed by atoms with Gasteiger partial charge in [-0.2, -0.15) is 5.26 Å². The molecule has 0 saturated carbocycles. The van der Waals surface area contributed by atoms with Gasteiger partial charge in [-0.1, -0.05) is 25.5 Å². The van der Waals surface area contributed by atoms with E-state index in [2.05, 4.69) is 18.3 Å². The summed E-state index contributed by atoms with van der Waals surface area (Å²) in [7, 11) is 0. The highest BCUT2D eigenvalue weighted by Gasteiger charge is 2.01. The number of nitriles is 1. The number of hydrogen-bond donors (Lipinski definition) is 1. The van der Waals surface area contributed by atoms with Crippen molar-refractivity contribution in [1.82, 2.24) is 5.32 Å². The number of nitrogens with one attached hydrogen (secondary N) is 1. The third-order valence-corrected chi connectivity index (χ3v) is 3.44. The zero-order valence-corrected chi connectivity index (χ0v) is 11.4. The van der Waals surface area contributed by atoms with Gasteiger partial charge in [0.05, 0.1) is 17.4 Å². The molecule has 0 fully saturated rings. The van der Waals surface area contributed by atoms with Gasteiger partial charge in [-0.25, -0.2) is 0 Å². The molecule has 0 unspecified atom stereocenters. The maximum atomic E-state index is 11.4. The van der Waals surface area contributed by atoms with Gasteiger partial charge in [-0.3, -0.25) is 4.79 Å². The van der Waals surface area contributed by atoms with Crippen LogP contribution in [0.5, 0.6) is 0 Å². The van der Waals surface area contributed by atoms with E-state index in [4.69, 9.17) is 5.26 Å². The number of hydrogen-bond acceptors (Lipinski definition) is 3. The SMILES string of the molecule is CCCCNC(=O)CSCc1ccc(C#N)cc1. The van der Waals surface area contributed by atoms with E-state index in [0.717, 1.165) is 30.7 Å². The van der Waals surface area contributed by atoms with Crippen LogP contribution in [0.3, 0.4) is 0 Å². The molecule has 0 atom stereocenters. The summed E-state index contributed by atoms with van der Waals surface area (Å²) in [6, 6.07) is 9.55. The summed E-state index contributed by atoms with van der Waals surface area (Å²) in [6.07, 6.45) is 2.13. The van der Waals surface area contributed by atoms with Crippen molar-refractivity contribution in [2.45, 2.75) is 25.5 Å². The van der Waals surface area contributed by atoms with Crippen LogP contribution in [0.25, 0.3) is 0 Å². The number of thioether (sulfide) groups is 1. The number of nitrogens with zero attached hydrogens (tertiary/aromatic N) is 1. The standard InChI is InChI=1S/C14H18N2OS/c1-2-3-8-16-14(17)11-18-10-13-6-4-12(9-15)5-7-13/h4-7H,2-3,8,10-11H2,1H3,(H,16,17). The Morgan fingerprint density at radius 2 is 2.11 bits per heavy atom. The Labute approximate surface area is 113 Å². The predicted octanol–water partition coefficient (Wildman–Crippen LogP) is 2.71. The Bertz CT molecular complexity index is 409. The van der Waals surface area contributed by atoms with Crippen LogP contribution in [0.4, 0.5) is 0 Å². The lowest BCUT2D eigenvalue weighted by molar-refractivity contribution is -0.118. The number of rotatable bonds is 7. The van der Waals surface area contributed by atoms with E-state index < -0.39 is 0 Å². The predicted molar refractivity (Wildman–Crippen MR) is 75.2 cm³/mol. The number of carbonyl (C=O) groups is 1. The molecule has 1 aromatic carbocycles. The first-order chi connectivity index (χ1) is 8.76. The Kier molecular flexibility index (Phi) is 6.97. The monoisotopic (exact) mass is 262 g/mol. The number of carbonyl (C=O) groups excluding carboxylic acids is 1. The van der Waals surface area contributed by atoms with E-state index in [1.807, 2.05) is 12.1 Å².